The van der Waals surface area contributed by atoms with Gasteiger partial charge < -0.3 is 10.2 Å². The quantitative estimate of drug-likeness (QED) is 0.853. The van der Waals surface area contributed by atoms with Gasteiger partial charge >= 0.3 is 0 Å². The van der Waals surface area contributed by atoms with Crippen LogP contribution in [0.5, 0.6) is 0 Å². The predicted octanol–water partition coefficient (Wildman–Crippen LogP) is 1.57. The van der Waals surface area contributed by atoms with Crippen molar-refractivity contribution < 1.29 is 14.0 Å². The van der Waals surface area contributed by atoms with E-state index in [1.807, 2.05) is 30.1 Å². The Labute approximate surface area is 151 Å². The van der Waals surface area contributed by atoms with Crippen molar-refractivity contribution in [1.82, 2.24) is 15.2 Å². The van der Waals surface area contributed by atoms with Crippen molar-refractivity contribution in [2.45, 2.75) is 19.0 Å². The Kier molecular flexibility index (Phi) is 5.58. The zero-order chi connectivity index (χ0) is 18.5. The van der Waals surface area contributed by atoms with Crippen LogP contribution < -0.4 is 10.2 Å². The third-order valence-electron chi connectivity index (χ3n) is 4.20. The Morgan fingerprint density at radius 2 is 2.08 bits per heavy atom. The van der Waals surface area contributed by atoms with Gasteiger partial charge in [-0.3, -0.25) is 19.5 Å². The van der Waals surface area contributed by atoms with Crippen LogP contribution in [0.15, 0.2) is 48.7 Å². The lowest BCUT2D eigenvalue weighted by molar-refractivity contribution is -0.122. The van der Waals surface area contributed by atoms with Gasteiger partial charge in [-0.25, -0.2) is 4.39 Å². The summed E-state index contributed by atoms with van der Waals surface area (Å²) in [5.74, 6) is -0.563. The number of hydrogen-bond donors (Lipinski definition) is 1. The van der Waals surface area contributed by atoms with Gasteiger partial charge in [0, 0.05) is 31.4 Å². The molecule has 1 aromatic carbocycles. The van der Waals surface area contributed by atoms with E-state index >= 15 is 0 Å². The zero-order valence-corrected chi connectivity index (χ0v) is 14.6. The van der Waals surface area contributed by atoms with Crippen LogP contribution >= 0.6 is 0 Å². The van der Waals surface area contributed by atoms with Crippen molar-refractivity contribution in [2.75, 3.05) is 25.0 Å². The number of anilines is 1. The SMILES string of the molecule is CN(CC(=O)N[C@H]1CC(=O)N(c2ccc(F)cc2)C1)Cc1ccccn1. The molecule has 1 aliphatic rings. The van der Waals surface area contributed by atoms with Gasteiger partial charge in [0.05, 0.1) is 18.3 Å². The van der Waals surface area contributed by atoms with Crippen molar-refractivity contribution in [1.29, 1.82) is 0 Å². The minimum absolute atomic E-state index is 0.0799. The number of nitrogens with zero attached hydrogens (tertiary/aromatic N) is 3. The molecule has 1 saturated heterocycles. The van der Waals surface area contributed by atoms with Crippen LogP contribution in [-0.4, -0.2) is 47.9 Å². The highest BCUT2D eigenvalue weighted by atomic mass is 19.1. The molecule has 1 N–H and O–H groups in total. The molecule has 0 aliphatic carbocycles. The number of likely N-dealkylation sites (N-methyl/N-ethyl adjacent to an activating group) is 1. The molecule has 0 bridgehead atoms. The minimum Gasteiger partial charge on any atom is -0.350 e. The van der Waals surface area contributed by atoms with E-state index < -0.39 is 0 Å². The highest BCUT2D eigenvalue weighted by molar-refractivity contribution is 5.96. The van der Waals surface area contributed by atoms with Crippen LogP contribution in [0.2, 0.25) is 0 Å². The topological polar surface area (TPSA) is 65.5 Å². The van der Waals surface area contributed by atoms with Crippen molar-refractivity contribution in [3.05, 3.63) is 60.2 Å². The van der Waals surface area contributed by atoms with E-state index in [4.69, 9.17) is 0 Å². The lowest BCUT2D eigenvalue weighted by Crippen LogP contribution is -2.42. The predicted molar refractivity (Wildman–Crippen MR) is 95.9 cm³/mol. The largest absolute Gasteiger partial charge is 0.350 e. The summed E-state index contributed by atoms with van der Waals surface area (Å²) >= 11 is 0. The summed E-state index contributed by atoms with van der Waals surface area (Å²) in [7, 11) is 1.85. The van der Waals surface area contributed by atoms with Gasteiger partial charge in [0.2, 0.25) is 11.8 Å². The maximum Gasteiger partial charge on any atom is 0.234 e. The minimum atomic E-state index is -0.346. The number of nitrogens with one attached hydrogen (secondary N) is 1. The monoisotopic (exact) mass is 356 g/mol. The van der Waals surface area contributed by atoms with Crippen molar-refractivity contribution in [3.8, 4) is 0 Å². The number of carbonyl (C=O) groups excluding carboxylic acids is 2. The molecule has 0 radical (unpaired) electrons. The van der Waals surface area contributed by atoms with E-state index in [0.29, 0.717) is 18.8 Å². The molecular weight excluding hydrogens is 335 g/mol. The standard InChI is InChI=1S/C19H21FN4O2/c1-23(11-15-4-2-3-9-21-15)13-18(25)22-16-10-19(26)24(12-16)17-7-5-14(20)6-8-17/h2-9,16H,10-13H2,1H3,(H,22,25)/t16-/m0/s1. The Morgan fingerprint density at radius 3 is 2.77 bits per heavy atom. The van der Waals surface area contributed by atoms with Gasteiger partial charge in [-0.05, 0) is 43.4 Å². The molecule has 0 spiro atoms. The number of hydrogen-bond acceptors (Lipinski definition) is 4. The molecule has 3 rings (SSSR count). The molecule has 7 heteroatoms. The third kappa shape index (κ3) is 4.64. The van der Waals surface area contributed by atoms with Crippen LogP contribution in [0.1, 0.15) is 12.1 Å². The first-order valence-electron chi connectivity index (χ1n) is 8.45. The van der Waals surface area contributed by atoms with E-state index in [1.54, 1.807) is 23.2 Å². The molecule has 1 aromatic heterocycles. The van der Waals surface area contributed by atoms with Crippen LogP contribution in [0.3, 0.4) is 0 Å². The number of carbonyl (C=O) groups is 2. The van der Waals surface area contributed by atoms with Gasteiger partial charge in [-0.15, -0.1) is 0 Å². The van der Waals surface area contributed by atoms with E-state index in [2.05, 4.69) is 10.3 Å². The summed E-state index contributed by atoms with van der Waals surface area (Å²) in [5, 5.41) is 2.90. The van der Waals surface area contributed by atoms with Crippen molar-refractivity contribution >= 4 is 17.5 Å². The molecule has 0 unspecified atom stereocenters. The van der Waals surface area contributed by atoms with Crippen LogP contribution in [0.4, 0.5) is 10.1 Å². The number of rotatable bonds is 6. The first-order chi connectivity index (χ1) is 12.5. The third-order valence-corrected chi connectivity index (χ3v) is 4.20. The Balaban J connectivity index is 1.50. The van der Waals surface area contributed by atoms with Gasteiger partial charge in [-0.2, -0.15) is 0 Å². The van der Waals surface area contributed by atoms with Crippen LogP contribution in [0.25, 0.3) is 0 Å². The normalized spacial score (nSPS) is 17.0. The molecule has 2 aromatic rings. The lowest BCUT2D eigenvalue weighted by atomic mass is 10.2. The smallest absolute Gasteiger partial charge is 0.234 e. The van der Waals surface area contributed by atoms with Gasteiger partial charge in [0.25, 0.3) is 0 Å². The summed E-state index contributed by atoms with van der Waals surface area (Å²) < 4.78 is 13.0. The maximum atomic E-state index is 13.0. The van der Waals surface area contributed by atoms with Gasteiger partial charge in [0.1, 0.15) is 5.82 Å². The molecule has 26 heavy (non-hydrogen) atoms. The number of pyridine rings is 1. The highest BCUT2D eigenvalue weighted by Gasteiger charge is 2.31. The summed E-state index contributed by atoms with van der Waals surface area (Å²) in [6.45, 7) is 1.18. The second-order valence-corrected chi connectivity index (χ2v) is 6.44. The van der Waals surface area contributed by atoms with Crippen LogP contribution in [-0.2, 0) is 16.1 Å². The molecule has 1 atom stereocenters. The Bertz CT molecular complexity index is 767. The molecule has 6 nitrogen and oxygen atoms in total. The van der Waals surface area contributed by atoms with E-state index in [9.17, 15) is 14.0 Å². The molecule has 2 heterocycles. The molecular formula is C19H21FN4O2. The van der Waals surface area contributed by atoms with Gasteiger partial charge in [-0.1, -0.05) is 6.07 Å². The first kappa shape index (κ1) is 18.0. The molecule has 136 valence electrons. The van der Waals surface area contributed by atoms with Crippen molar-refractivity contribution in [2.24, 2.45) is 0 Å². The van der Waals surface area contributed by atoms with E-state index in [0.717, 1.165) is 5.69 Å². The number of amides is 2. The molecule has 2 amide bonds. The fraction of sp³-hybridized carbons (Fsp3) is 0.316. The van der Waals surface area contributed by atoms with Gasteiger partial charge in [0.15, 0.2) is 0 Å². The second-order valence-electron chi connectivity index (χ2n) is 6.44. The van der Waals surface area contributed by atoms with Crippen LogP contribution in [0, 0.1) is 5.82 Å². The van der Waals surface area contributed by atoms with Crippen molar-refractivity contribution in [3.63, 3.8) is 0 Å². The zero-order valence-electron chi connectivity index (χ0n) is 14.6. The summed E-state index contributed by atoms with van der Waals surface area (Å²) in [6, 6.07) is 11.2. The molecule has 0 saturated carbocycles. The fourth-order valence-corrected chi connectivity index (χ4v) is 3.02. The first-order valence-corrected chi connectivity index (χ1v) is 8.45. The number of halogens is 1. The summed E-state index contributed by atoms with van der Waals surface area (Å²) in [5.41, 5.74) is 1.53. The average Bonchev–Trinajstić information content (AvgIpc) is 2.96. The second kappa shape index (κ2) is 8.05. The van der Waals surface area contributed by atoms with E-state index in [1.165, 1.54) is 12.1 Å². The number of benzene rings is 1. The summed E-state index contributed by atoms with van der Waals surface area (Å²) in [6.07, 6.45) is 1.96. The summed E-state index contributed by atoms with van der Waals surface area (Å²) in [4.78, 5) is 32.1. The maximum absolute atomic E-state index is 13.0. The molecule has 1 fully saturated rings. The Morgan fingerprint density at radius 1 is 1.31 bits per heavy atom. The average molecular weight is 356 g/mol. The van der Waals surface area contributed by atoms with E-state index in [-0.39, 0.29) is 36.6 Å². The Hall–Kier alpha value is -2.80. The lowest BCUT2D eigenvalue weighted by Gasteiger charge is -2.19. The number of aromatic nitrogens is 1. The fourth-order valence-electron chi connectivity index (χ4n) is 3.02. The molecule has 1 aliphatic heterocycles. The highest BCUT2D eigenvalue weighted by Crippen LogP contribution is 2.21.